The molecule has 1 unspecified atom stereocenters. The van der Waals surface area contributed by atoms with Crippen molar-refractivity contribution in [2.75, 3.05) is 39.8 Å². The molecule has 4 nitrogen and oxygen atoms in total. The van der Waals surface area contributed by atoms with E-state index in [4.69, 9.17) is 9.47 Å². The van der Waals surface area contributed by atoms with Crippen LogP contribution in [0.3, 0.4) is 0 Å². The fourth-order valence-electron chi connectivity index (χ4n) is 3.18. The topological polar surface area (TPSA) is 24.9 Å². The number of rotatable bonds is 6. The molecular formula is C20H28N2O2. The molecule has 1 fully saturated rings. The molecule has 2 aromatic rings. The van der Waals surface area contributed by atoms with Gasteiger partial charge < -0.3 is 14.4 Å². The summed E-state index contributed by atoms with van der Waals surface area (Å²) in [5.74, 6) is 0.966. The normalized spacial score (nSPS) is 18.0. The van der Waals surface area contributed by atoms with Gasteiger partial charge in [0.05, 0.1) is 6.61 Å². The number of ether oxygens (including phenoxy) is 2. The molecule has 0 saturated carbocycles. The molecule has 0 N–H and O–H groups in total. The van der Waals surface area contributed by atoms with Crippen LogP contribution < -0.4 is 4.74 Å². The van der Waals surface area contributed by atoms with E-state index >= 15 is 0 Å². The van der Waals surface area contributed by atoms with E-state index < -0.39 is 0 Å². The summed E-state index contributed by atoms with van der Waals surface area (Å²) in [6.07, 6.45) is 0.0601. The molecule has 3 rings (SSSR count). The lowest BCUT2D eigenvalue weighted by Crippen LogP contribution is -2.49. The molecule has 0 spiro atoms. The highest BCUT2D eigenvalue weighted by Gasteiger charge is 2.22. The van der Waals surface area contributed by atoms with Gasteiger partial charge in [-0.25, -0.2) is 0 Å². The first-order valence-electron chi connectivity index (χ1n) is 8.86. The summed E-state index contributed by atoms with van der Waals surface area (Å²) in [7, 11) is 2.17. The van der Waals surface area contributed by atoms with E-state index in [1.165, 1.54) is 5.39 Å². The molecule has 0 amide bonds. The maximum absolute atomic E-state index is 6.46. The number of benzene rings is 2. The van der Waals surface area contributed by atoms with Gasteiger partial charge in [-0.15, -0.1) is 0 Å². The van der Waals surface area contributed by atoms with Gasteiger partial charge in [-0.1, -0.05) is 36.4 Å². The Kier molecular flexibility index (Phi) is 5.72. The smallest absolute Gasteiger partial charge is 0.149 e. The number of piperazine rings is 1. The summed E-state index contributed by atoms with van der Waals surface area (Å²) >= 11 is 0. The number of likely N-dealkylation sites (N-methyl/N-ethyl adjacent to an activating group) is 1. The Morgan fingerprint density at radius 1 is 1.04 bits per heavy atom. The second-order valence-electron chi connectivity index (χ2n) is 6.47. The summed E-state index contributed by atoms with van der Waals surface area (Å²) in [5, 5.41) is 2.37. The van der Waals surface area contributed by atoms with E-state index in [1.54, 1.807) is 0 Å². The van der Waals surface area contributed by atoms with E-state index in [0.29, 0.717) is 13.2 Å². The highest BCUT2D eigenvalue weighted by Crippen LogP contribution is 2.31. The molecule has 1 aliphatic rings. The third-order valence-electron chi connectivity index (χ3n) is 4.76. The zero-order valence-electron chi connectivity index (χ0n) is 15.0. The first-order valence-corrected chi connectivity index (χ1v) is 8.86. The summed E-state index contributed by atoms with van der Waals surface area (Å²) in [4.78, 5) is 4.77. The fraction of sp³-hybridized carbons (Fsp3) is 0.500. The average molecular weight is 328 g/mol. The Bertz CT molecular complexity index is 666. The largest absolute Gasteiger partial charge is 0.474 e. The molecule has 1 saturated heterocycles. The van der Waals surface area contributed by atoms with Crippen molar-refractivity contribution in [3.05, 3.63) is 42.0 Å². The van der Waals surface area contributed by atoms with Gasteiger partial charge in [-0.3, -0.25) is 4.90 Å². The molecule has 24 heavy (non-hydrogen) atoms. The summed E-state index contributed by atoms with van der Waals surface area (Å²) in [6, 6.07) is 12.7. The van der Waals surface area contributed by atoms with Gasteiger partial charge in [0.15, 0.2) is 0 Å². The minimum atomic E-state index is 0.0601. The molecule has 0 radical (unpaired) electrons. The fourth-order valence-corrected chi connectivity index (χ4v) is 3.18. The van der Waals surface area contributed by atoms with Crippen molar-refractivity contribution in [3.8, 4) is 5.75 Å². The van der Waals surface area contributed by atoms with Crippen LogP contribution in [-0.2, 0) is 11.3 Å². The van der Waals surface area contributed by atoms with Gasteiger partial charge in [-0.05, 0) is 26.3 Å². The Morgan fingerprint density at radius 2 is 1.79 bits per heavy atom. The van der Waals surface area contributed by atoms with Gasteiger partial charge in [0.1, 0.15) is 12.0 Å². The zero-order valence-corrected chi connectivity index (χ0v) is 15.0. The predicted octanol–water partition coefficient (Wildman–Crippen LogP) is 3.35. The maximum Gasteiger partial charge on any atom is 0.149 e. The number of nitrogens with zero attached hydrogens (tertiary/aromatic N) is 2. The molecule has 0 aliphatic carbocycles. The molecule has 0 aromatic heterocycles. The van der Waals surface area contributed by atoms with Crippen LogP contribution >= 0.6 is 0 Å². The Hall–Kier alpha value is -1.62. The minimum Gasteiger partial charge on any atom is -0.474 e. The van der Waals surface area contributed by atoms with Crippen LogP contribution in [0, 0.1) is 0 Å². The maximum atomic E-state index is 6.46. The van der Waals surface area contributed by atoms with E-state index in [9.17, 15) is 0 Å². The summed E-state index contributed by atoms with van der Waals surface area (Å²) in [6.45, 7) is 9.74. The third kappa shape index (κ3) is 3.89. The van der Waals surface area contributed by atoms with Crippen LogP contribution in [0.4, 0.5) is 0 Å². The van der Waals surface area contributed by atoms with E-state index in [-0.39, 0.29) is 6.23 Å². The second kappa shape index (κ2) is 7.97. The lowest BCUT2D eigenvalue weighted by molar-refractivity contribution is 0.00822. The standard InChI is InChI=1S/C20H28N2O2/c1-4-23-15-18-10-9-17-7-5-6-8-19(17)20(18)24-16(2)22-13-11-21(3)12-14-22/h5-10,16H,4,11-15H2,1-3H3. The Morgan fingerprint density at radius 3 is 2.54 bits per heavy atom. The predicted molar refractivity (Wildman–Crippen MR) is 98.4 cm³/mol. The van der Waals surface area contributed by atoms with Crippen LogP contribution in [0.25, 0.3) is 10.8 Å². The lowest BCUT2D eigenvalue weighted by Gasteiger charge is -2.36. The van der Waals surface area contributed by atoms with Crippen molar-refractivity contribution in [1.29, 1.82) is 0 Å². The first kappa shape index (κ1) is 17.2. The molecule has 2 aromatic carbocycles. The van der Waals surface area contributed by atoms with E-state index in [0.717, 1.165) is 42.9 Å². The number of fused-ring (bicyclic) bond motifs is 1. The van der Waals surface area contributed by atoms with Crippen LogP contribution in [-0.4, -0.2) is 55.9 Å². The van der Waals surface area contributed by atoms with Crippen LogP contribution in [0.5, 0.6) is 5.75 Å². The molecule has 1 aliphatic heterocycles. The monoisotopic (exact) mass is 328 g/mol. The molecular weight excluding hydrogens is 300 g/mol. The van der Waals surface area contributed by atoms with Crippen molar-refractivity contribution >= 4 is 10.8 Å². The van der Waals surface area contributed by atoms with Crippen LogP contribution in [0.15, 0.2) is 36.4 Å². The minimum absolute atomic E-state index is 0.0601. The van der Waals surface area contributed by atoms with Crippen molar-refractivity contribution in [3.63, 3.8) is 0 Å². The summed E-state index contributed by atoms with van der Waals surface area (Å²) < 4.78 is 12.1. The second-order valence-corrected chi connectivity index (χ2v) is 6.47. The summed E-state index contributed by atoms with van der Waals surface area (Å²) in [5.41, 5.74) is 1.12. The van der Waals surface area contributed by atoms with Gasteiger partial charge in [-0.2, -0.15) is 0 Å². The van der Waals surface area contributed by atoms with E-state index in [1.807, 2.05) is 6.92 Å². The van der Waals surface area contributed by atoms with Crippen molar-refractivity contribution < 1.29 is 9.47 Å². The van der Waals surface area contributed by atoms with Crippen molar-refractivity contribution in [2.24, 2.45) is 0 Å². The lowest BCUT2D eigenvalue weighted by atomic mass is 10.1. The average Bonchev–Trinajstić information content (AvgIpc) is 2.61. The van der Waals surface area contributed by atoms with Gasteiger partial charge in [0.2, 0.25) is 0 Å². The van der Waals surface area contributed by atoms with Gasteiger partial charge >= 0.3 is 0 Å². The number of hydrogen-bond acceptors (Lipinski definition) is 4. The molecule has 130 valence electrons. The third-order valence-corrected chi connectivity index (χ3v) is 4.76. The molecule has 4 heteroatoms. The molecule has 1 heterocycles. The van der Waals surface area contributed by atoms with Gasteiger partial charge in [0, 0.05) is 43.7 Å². The molecule has 1 atom stereocenters. The van der Waals surface area contributed by atoms with E-state index in [2.05, 4.69) is 60.2 Å². The Balaban J connectivity index is 1.85. The molecule has 0 bridgehead atoms. The van der Waals surface area contributed by atoms with Gasteiger partial charge in [0.25, 0.3) is 0 Å². The van der Waals surface area contributed by atoms with Crippen molar-refractivity contribution in [1.82, 2.24) is 9.80 Å². The zero-order chi connectivity index (χ0) is 16.9. The number of hydrogen-bond donors (Lipinski definition) is 0. The van der Waals surface area contributed by atoms with Crippen molar-refractivity contribution in [2.45, 2.75) is 26.7 Å². The van der Waals surface area contributed by atoms with Crippen LogP contribution in [0.1, 0.15) is 19.4 Å². The van der Waals surface area contributed by atoms with Crippen LogP contribution in [0.2, 0.25) is 0 Å². The highest BCUT2D eigenvalue weighted by atomic mass is 16.5. The quantitative estimate of drug-likeness (QED) is 0.812. The SMILES string of the molecule is CCOCc1ccc2ccccc2c1OC(C)N1CCN(C)CC1. The first-order chi connectivity index (χ1) is 11.7. The Labute approximate surface area is 145 Å². The highest BCUT2D eigenvalue weighted by molar-refractivity contribution is 5.89.